The summed E-state index contributed by atoms with van der Waals surface area (Å²) in [7, 11) is 1.83. The summed E-state index contributed by atoms with van der Waals surface area (Å²) in [5, 5.41) is 14.5. The Bertz CT molecular complexity index is 2050. The van der Waals surface area contributed by atoms with E-state index in [-0.39, 0.29) is 29.0 Å². The molecule has 3 heterocycles. The highest BCUT2D eigenvalue weighted by molar-refractivity contribution is 5.92. The largest absolute Gasteiger partial charge is 0.454 e. The van der Waals surface area contributed by atoms with Gasteiger partial charge in [-0.25, -0.2) is 8.78 Å². The first-order chi connectivity index (χ1) is 20.7. The summed E-state index contributed by atoms with van der Waals surface area (Å²) in [6.07, 6.45) is 4.82. The molecule has 0 bridgehead atoms. The molecule has 0 aliphatic heterocycles. The smallest absolute Gasteiger partial charge is 0.259 e. The number of pyridine rings is 1. The van der Waals surface area contributed by atoms with E-state index in [1.54, 1.807) is 49.3 Å². The zero-order valence-electron chi connectivity index (χ0n) is 23.5. The van der Waals surface area contributed by atoms with E-state index >= 15 is 4.39 Å². The fraction of sp³-hybridized carbons (Fsp3) is 0.125. The van der Waals surface area contributed by atoms with Gasteiger partial charge in [-0.05, 0) is 74.0 Å². The number of nitrogens with one attached hydrogen (secondary N) is 2. The van der Waals surface area contributed by atoms with Crippen molar-refractivity contribution in [1.82, 2.24) is 24.5 Å². The molecule has 6 aromatic rings. The van der Waals surface area contributed by atoms with Gasteiger partial charge in [0.25, 0.3) is 5.56 Å². The Morgan fingerprint density at radius 3 is 2.51 bits per heavy atom. The summed E-state index contributed by atoms with van der Waals surface area (Å²) in [5.41, 5.74) is 4.21. The van der Waals surface area contributed by atoms with Crippen LogP contribution in [0.3, 0.4) is 0 Å². The Morgan fingerprint density at radius 2 is 1.79 bits per heavy atom. The SMILES string of the molecule is Cc1cc(C)n(-c2ccc(F)cc2)c(=O)c1CC(=O)Nc1ccc(Oc2cc3cnn(C)c3cc2-c2cn[nH]c2)c(F)c1. The predicted molar refractivity (Wildman–Crippen MR) is 159 cm³/mol. The van der Waals surface area contributed by atoms with E-state index in [0.29, 0.717) is 28.3 Å². The van der Waals surface area contributed by atoms with E-state index in [2.05, 4.69) is 20.6 Å². The number of hydrogen-bond acceptors (Lipinski definition) is 5. The number of anilines is 1. The van der Waals surface area contributed by atoms with E-state index < -0.39 is 17.5 Å². The average molecular weight is 581 g/mol. The zero-order chi connectivity index (χ0) is 30.2. The minimum Gasteiger partial charge on any atom is -0.454 e. The molecule has 1 amide bonds. The lowest BCUT2D eigenvalue weighted by molar-refractivity contribution is -0.115. The summed E-state index contributed by atoms with van der Waals surface area (Å²) in [6, 6.07) is 15.1. The molecule has 0 saturated carbocycles. The van der Waals surface area contributed by atoms with Gasteiger partial charge in [-0.15, -0.1) is 0 Å². The third-order valence-corrected chi connectivity index (χ3v) is 7.23. The van der Waals surface area contributed by atoms with E-state index in [1.165, 1.54) is 41.0 Å². The molecule has 0 spiro atoms. The van der Waals surface area contributed by atoms with Gasteiger partial charge in [0.05, 0.1) is 24.3 Å². The number of nitrogens with zero attached hydrogens (tertiary/aromatic N) is 4. The number of H-pyrrole nitrogens is 1. The van der Waals surface area contributed by atoms with Crippen LogP contribution < -0.4 is 15.6 Å². The lowest BCUT2D eigenvalue weighted by Crippen LogP contribution is -2.28. The summed E-state index contributed by atoms with van der Waals surface area (Å²) in [4.78, 5) is 26.3. The molecule has 6 rings (SSSR count). The van der Waals surface area contributed by atoms with Crippen molar-refractivity contribution < 1.29 is 18.3 Å². The molecule has 0 unspecified atom stereocenters. The fourth-order valence-corrected chi connectivity index (χ4v) is 5.09. The monoisotopic (exact) mass is 580 g/mol. The van der Waals surface area contributed by atoms with Crippen LogP contribution in [0.15, 0.2) is 84.0 Å². The molecule has 11 heteroatoms. The highest BCUT2D eigenvalue weighted by atomic mass is 19.1. The minimum absolute atomic E-state index is 0.0393. The highest BCUT2D eigenvalue weighted by Crippen LogP contribution is 2.37. The Hall–Kier alpha value is -5.58. The van der Waals surface area contributed by atoms with Crippen molar-refractivity contribution in [1.29, 1.82) is 0 Å². The summed E-state index contributed by atoms with van der Waals surface area (Å²) >= 11 is 0. The molecule has 3 aromatic carbocycles. The Morgan fingerprint density at radius 1 is 1.00 bits per heavy atom. The molecular formula is C32H26F2N6O3. The van der Waals surface area contributed by atoms with Crippen molar-refractivity contribution in [3.05, 3.63) is 118 Å². The standard InChI is InChI=1S/C32H26F2N6O3/c1-18-10-19(2)40(24-7-4-22(33)5-8-24)32(42)25(18)14-31(41)38-23-6-9-29(27(34)12-23)43-30-11-20-17-37-39(3)28(20)13-26(30)21-15-35-36-16-21/h4-13,15-17H,14H2,1-3H3,(H,35,36)(H,38,41). The molecule has 0 fully saturated rings. The van der Waals surface area contributed by atoms with Gasteiger partial charge in [-0.2, -0.15) is 10.2 Å². The molecule has 0 radical (unpaired) electrons. The summed E-state index contributed by atoms with van der Waals surface area (Å²) in [5.74, 6) is -1.23. The minimum atomic E-state index is -0.688. The molecule has 216 valence electrons. The molecule has 43 heavy (non-hydrogen) atoms. The predicted octanol–water partition coefficient (Wildman–Crippen LogP) is 5.98. The lowest BCUT2D eigenvalue weighted by Gasteiger charge is -2.15. The topological polar surface area (TPSA) is 107 Å². The number of benzene rings is 3. The first-order valence-corrected chi connectivity index (χ1v) is 13.4. The first kappa shape index (κ1) is 27.6. The normalized spacial score (nSPS) is 11.2. The molecule has 0 saturated heterocycles. The third-order valence-electron chi connectivity index (χ3n) is 7.23. The van der Waals surface area contributed by atoms with Crippen LogP contribution >= 0.6 is 0 Å². The first-order valence-electron chi connectivity index (χ1n) is 13.4. The van der Waals surface area contributed by atoms with Crippen LogP contribution in [0.2, 0.25) is 0 Å². The fourth-order valence-electron chi connectivity index (χ4n) is 5.09. The number of amides is 1. The van der Waals surface area contributed by atoms with Crippen LogP contribution in [0.4, 0.5) is 14.5 Å². The number of aryl methyl sites for hydroxylation is 3. The molecule has 0 aliphatic rings. The van der Waals surface area contributed by atoms with Crippen LogP contribution in [0.5, 0.6) is 11.5 Å². The van der Waals surface area contributed by atoms with Crippen LogP contribution in [-0.4, -0.2) is 30.5 Å². The maximum atomic E-state index is 15.3. The van der Waals surface area contributed by atoms with E-state index in [0.717, 1.165) is 22.5 Å². The number of hydrogen-bond donors (Lipinski definition) is 2. The maximum Gasteiger partial charge on any atom is 0.259 e. The number of carbonyl (C=O) groups is 1. The van der Waals surface area contributed by atoms with Crippen molar-refractivity contribution >= 4 is 22.5 Å². The molecule has 0 aliphatic carbocycles. The number of aromatic amines is 1. The molecule has 3 aromatic heterocycles. The van der Waals surface area contributed by atoms with Gasteiger partial charge in [0.15, 0.2) is 11.6 Å². The van der Waals surface area contributed by atoms with Gasteiger partial charge < -0.3 is 10.1 Å². The van der Waals surface area contributed by atoms with E-state index in [1.807, 2.05) is 13.1 Å². The van der Waals surface area contributed by atoms with Gasteiger partial charge in [0.1, 0.15) is 11.6 Å². The number of fused-ring (bicyclic) bond motifs is 1. The van der Waals surface area contributed by atoms with Gasteiger partial charge in [-0.3, -0.25) is 23.9 Å². The van der Waals surface area contributed by atoms with Crippen LogP contribution in [0.1, 0.15) is 16.8 Å². The quantitative estimate of drug-likeness (QED) is 0.242. The van der Waals surface area contributed by atoms with Crippen LogP contribution in [0, 0.1) is 25.5 Å². The van der Waals surface area contributed by atoms with Crippen molar-refractivity contribution in [3.8, 4) is 28.3 Å². The van der Waals surface area contributed by atoms with E-state index in [4.69, 9.17) is 4.74 Å². The number of rotatable bonds is 7. The Labute approximate surface area is 244 Å². The molecule has 2 N–H and O–H groups in total. The maximum absolute atomic E-state index is 15.3. The van der Waals surface area contributed by atoms with Gasteiger partial charge >= 0.3 is 0 Å². The number of aromatic nitrogens is 5. The zero-order valence-corrected chi connectivity index (χ0v) is 23.5. The second kappa shape index (κ2) is 11.0. The number of carbonyl (C=O) groups excluding carboxylic acids is 1. The highest BCUT2D eigenvalue weighted by Gasteiger charge is 2.18. The third kappa shape index (κ3) is 5.40. The van der Waals surface area contributed by atoms with Gasteiger partial charge in [0, 0.05) is 58.5 Å². The van der Waals surface area contributed by atoms with Crippen molar-refractivity contribution in [2.24, 2.45) is 7.05 Å². The molecule has 9 nitrogen and oxygen atoms in total. The summed E-state index contributed by atoms with van der Waals surface area (Å²) in [6.45, 7) is 3.51. The molecular weight excluding hydrogens is 554 g/mol. The van der Waals surface area contributed by atoms with Crippen molar-refractivity contribution in [2.45, 2.75) is 20.3 Å². The van der Waals surface area contributed by atoms with Gasteiger partial charge in [-0.1, -0.05) is 0 Å². The van der Waals surface area contributed by atoms with Crippen molar-refractivity contribution in [2.75, 3.05) is 5.32 Å². The number of ether oxygens (including phenoxy) is 1. The van der Waals surface area contributed by atoms with Crippen molar-refractivity contribution in [3.63, 3.8) is 0 Å². The van der Waals surface area contributed by atoms with Crippen LogP contribution in [0.25, 0.3) is 27.7 Å². The lowest BCUT2D eigenvalue weighted by atomic mass is 10.1. The average Bonchev–Trinajstić information content (AvgIpc) is 3.63. The second-order valence-electron chi connectivity index (χ2n) is 10.2. The van der Waals surface area contributed by atoms with Crippen LogP contribution in [-0.2, 0) is 18.3 Å². The second-order valence-corrected chi connectivity index (χ2v) is 10.2. The molecule has 0 atom stereocenters. The summed E-state index contributed by atoms with van der Waals surface area (Å²) < 4.78 is 37.9. The van der Waals surface area contributed by atoms with E-state index in [9.17, 15) is 14.0 Å². The van der Waals surface area contributed by atoms with Gasteiger partial charge in [0.2, 0.25) is 5.91 Å². The Balaban J connectivity index is 1.23. The number of halogens is 2. The Kier molecular flexibility index (Phi) is 7.06.